The van der Waals surface area contributed by atoms with E-state index in [1.807, 2.05) is 18.2 Å². The Bertz CT molecular complexity index is 515. The minimum atomic E-state index is -0.0805. The summed E-state index contributed by atoms with van der Waals surface area (Å²) in [5.41, 5.74) is 8.66. The third kappa shape index (κ3) is 2.01. The Balaban J connectivity index is 1.83. The van der Waals surface area contributed by atoms with E-state index in [2.05, 4.69) is 32.8 Å². The molecule has 2 N–H and O–H groups in total. The maximum absolute atomic E-state index is 6.28. The van der Waals surface area contributed by atoms with E-state index in [-0.39, 0.29) is 12.1 Å². The quantitative estimate of drug-likeness (QED) is 0.921. The van der Waals surface area contributed by atoms with Gasteiger partial charge in [0.1, 0.15) is 11.9 Å². The molecule has 2 unspecified atom stereocenters. The Hall–Kier alpha value is -0.840. The highest BCUT2D eigenvalue weighted by Crippen LogP contribution is 2.36. The van der Waals surface area contributed by atoms with E-state index in [0.29, 0.717) is 0 Å². The molecule has 1 aliphatic heterocycles. The smallest absolute Gasteiger partial charge is 0.123 e. The minimum absolute atomic E-state index is 0.0401. The zero-order valence-corrected chi connectivity index (χ0v) is 11.5. The van der Waals surface area contributed by atoms with E-state index in [1.54, 1.807) is 11.3 Å². The van der Waals surface area contributed by atoms with Crippen molar-refractivity contribution in [1.82, 2.24) is 0 Å². The monoisotopic (exact) mass is 309 g/mol. The van der Waals surface area contributed by atoms with Crippen LogP contribution in [-0.4, -0.2) is 6.10 Å². The van der Waals surface area contributed by atoms with Gasteiger partial charge in [-0.15, -0.1) is 0 Å². The summed E-state index contributed by atoms with van der Waals surface area (Å²) in [5.74, 6) is 0.972. The third-order valence-electron chi connectivity index (χ3n) is 3.07. The number of para-hydroxylation sites is 1. The number of ether oxygens (including phenoxy) is 1. The molecular formula is C13H12BrNOS. The second kappa shape index (κ2) is 4.44. The molecule has 2 heterocycles. The minimum Gasteiger partial charge on any atom is -0.488 e. The van der Waals surface area contributed by atoms with Gasteiger partial charge in [0.05, 0.1) is 6.04 Å². The standard InChI is InChI=1S/C13H12BrNOS/c14-10-7-17-6-9(10)13(15)12-5-8-3-1-2-4-11(8)16-12/h1-4,6-7,12-13H,5,15H2. The van der Waals surface area contributed by atoms with E-state index in [9.17, 15) is 0 Å². The number of hydrogen-bond donors (Lipinski definition) is 1. The highest BCUT2D eigenvalue weighted by molar-refractivity contribution is 9.10. The molecule has 88 valence electrons. The average Bonchev–Trinajstić information content (AvgIpc) is 2.93. The van der Waals surface area contributed by atoms with Crippen LogP contribution in [0.5, 0.6) is 5.75 Å². The van der Waals surface area contributed by atoms with Gasteiger partial charge in [-0.3, -0.25) is 0 Å². The van der Waals surface area contributed by atoms with Crippen molar-refractivity contribution in [2.24, 2.45) is 5.73 Å². The Labute approximate surface area is 113 Å². The van der Waals surface area contributed by atoms with Crippen LogP contribution in [0.1, 0.15) is 17.2 Å². The Kier molecular flexibility index (Phi) is 2.94. The predicted octanol–water partition coefficient (Wildman–Crippen LogP) is 3.51. The lowest BCUT2D eigenvalue weighted by atomic mass is 10.0. The first kappa shape index (κ1) is 11.3. The molecule has 17 heavy (non-hydrogen) atoms. The normalized spacial score (nSPS) is 19.8. The van der Waals surface area contributed by atoms with Gasteiger partial charge < -0.3 is 10.5 Å². The van der Waals surface area contributed by atoms with Gasteiger partial charge in [-0.2, -0.15) is 11.3 Å². The van der Waals surface area contributed by atoms with Gasteiger partial charge in [0, 0.05) is 16.3 Å². The van der Waals surface area contributed by atoms with Crippen LogP contribution in [-0.2, 0) is 6.42 Å². The molecular weight excluding hydrogens is 298 g/mol. The molecule has 4 heteroatoms. The van der Waals surface area contributed by atoms with E-state index in [4.69, 9.17) is 10.5 Å². The van der Waals surface area contributed by atoms with Crippen LogP contribution >= 0.6 is 27.3 Å². The van der Waals surface area contributed by atoms with Gasteiger partial charge in [0.15, 0.2) is 0 Å². The maximum Gasteiger partial charge on any atom is 0.123 e. The topological polar surface area (TPSA) is 35.2 Å². The van der Waals surface area contributed by atoms with Crippen LogP contribution in [0.4, 0.5) is 0 Å². The second-order valence-corrected chi connectivity index (χ2v) is 5.77. The average molecular weight is 310 g/mol. The molecule has 2 atom stereocenters. The summed E-state index contributed by atoms with van der Waals surface area (Å²) in [6, 6.07) is 8.06. The van der Waals surface area contributed by atoms with Crippen LogP contribution in [0.3, 0.4) is 0 Å². The number of hydrogen-bond acceptors (Lipinski definition) is 3. The Morgan fingerprint density at radius 1 is 1.35 bits per heavy atom. The zero-order chi connectivity index (χ0) is 11.8. The third-order valence-corrected chi connectivity index (χ3v) is 4.83. The first-order valence-electron chi connectivity index (χ1n) is 5.47. The summed E-state index contributed by atoms with van der Waals surface area (Å²) in [4.78, 5) is 0. The van der Waals surface area contributed by atoms with Gasteiger partial charge in [-0.1, -0.05) is 18.2 Å². The van der Waals surface area contributed by atoms with Crippen molar-refractivity contribution in [3.8, 4) is 5.75 Å². The fourth-order valence-corrected chi connectivity index (χ4v) is 3.75. The van der Waals surface area contributed by atoms with Gasteiger partial charge in [-0.05, 0) is 38.5 Å². The lowest BCUT2D eigenvalue weighted by Crippen LogP contribution is -2.29. The van der Waals surface area contributed by atoms with Crippen LogP contribution < -0.4 is 10.5 Å². The van der Waals surface area contributed by atoms with Crippen molar-refractivity contribution in [1.29, 1.82) is 0 Å². The van der Waals surface area contributed by atoms with E-state index in [0.717, 1.165) is 22.2 Å². The number of fused-ring (bicyclic) bond motifs is 1. The lowest BCUT2D eigenvalue weighted by Gasteiger charge is -2.18. The summed E-state index contributed by atoms with van der Waals surface area (Å²) < 4.78 is 6.98. The number of rotatable bonds is 2. The molecule has 1 aliphatic rings. The molecule has 1 aromatic carbocycles. The highest BCUT2D eigenvalue weighted by Gasteiger charge is 2.30. The largest absolute Gasteiger partial charge is 0.488 e. The fourth-order valence-electron chi connectivity index (χ4n) is 2.14. The molecule has 2 nitrogen and oxygen atoms in total. The molecule has 0 bridgehead atoms. The molecule has 0 saturated carbocycles. The molecule has 0 spiro atoms. The zero-order valence-electron chi connectivity index (χ0n) is 9.10. The second-order valence-electron chi connectivity index (χ2n) is 4.17. The number of nitrogens with two attached hydrogens (primary N) is 1. The maximum atomic E-state index is 6.28. The number of benzene rings is 1. The van der Waals surface area contributed by atoms with Crippen LogP contribution in [0.25, 0.3) is 0 Å². The van der Waals surface area contributed by atoms with E-state index < -0.39 is 0 Å². The summed E-state index contributed by atoms with van der Waals surface area (Å²) >= 11 is 5.18. The molecule has 0 saturated heterocycles. The summed E-state index contributed by atoms with van der Waals surface area (Å²) in [7, 11) is 0. The van der Waals surface area contributed by atoms with E-state index in [1.165, 1.54) is 5.56 Å². The van der Waals surface area contributed by atoms with Crippen LogP contribution in [0.15, 0.2) is 39.5 Å². The first-order valence-corrected chi connectivity index (χ1v) is 7.21. The van der Waals surface area contributed by atoms with E-state index >= 15 is 0 Å². The fraction of sp³-hybridized carbons (Fsp3) is 0.231. The molecule has 2 aromatic rings. The van der Waals surface area contributed by atoms with Crippen LogP contribution in [0.2, 0.25) is 0 Å². The molecule has 0 fully saturated rings. The van der Waals surface area contributed by atoms with Gasteiger partial charge in [0.25, 0.3) is 0 Å². The van der Waals surface area contributed by atoms with Crippen LogP contribution in [0, 0.1) is 0 Å². The summed E-state index contributed by atoms with van der Waals surface area (Å²) in [6.45, 7) is 0. The van der Waals surface area contributed by atoms with Crippen molar-refractivity contribution in [2.75, 3.05) is 0 Å². The SMILES string of the molecule is NC(c1cscc1Br)C1Cc2ccccc2O1. The molecule has 1 aromatic heterocycles. The van der Waals surface area contributed by atoms with Crippen molar-refractivity contribution in [2.45, 2.75) is 18.6 Å². The van der Waals surface area contributed by atoms with Crippen molar-refractivity contribution >= 4 is 27.3 Å². The first-order chi connectivity index (χ1) is 8.25. The Morgan fingerprint density at radius 3 is 2.88 bits per heavy atom. The number of halogens is 1. The number of thiophene rings is 1. The van der Waals surface area contributed by atoms with Gasteiger partial charge in [0.2, 0.25) is 0 Å². The molecule has 3 rings (SSSR count). The molecule has 0 aliphatic carbocycles. The van der Waals surface area contributed by atoms with Gasteiger partial charge >= 0.3 is 0 Å². The van der Waals surface area contributed by atoms with Crippen molar-refractivity contribution in [3.63, 3.8) is 0 Å². The van der Waals surface area contributed by atoms with Crippen molar-refractivity contribution < 1.29 is 4.74 Å². The predicted molar refractivity (Wildman–Crippen MR) is 73.5 cm³/mol. The Morgan fingerprint density at radius 2 is 2.18 bits per heavy atom. The lowest BCUT2D eigenvalue weighted by molar-refractivity contribution is 0.199. The summed E-state index contributed by atoms with van der Waals surface area (Å²) in [6.07, 6.45) is 0.929. The van der Waals surface area contributed by atoms with Gasteiger partial charge in [-0.25, -0.2) is 0 Å². The summed E-state index contributed by atoms with van der Waals surface area (Å²) in [5, 5.41) is 4.14. The van der Waals surface area contributed by atoms with Crippen molar-refractivity contribution in [3.05, 3.63) is 50.6 Å². The molecule has 0 radical (unpaired) electrons. The molecule has 0 amide bonds. The highest BCUT2D eigenvalue weighted by atomic mass is 79.9.